The molecule has 0 aromatic rings. The molecule has 2 aliphatic rings. The number of aliphatic hydroxyl groups is 13. The summed E-state index contributed by atoms with van der Waals surface area (Å²) < 4.78 is 81.0. The molecule has 35 heteroatoms. The van der Waals surface area contributed by atoms with Crippen molar-refractivity contribution in [3.8, 4) is 0 Å². The molecule has 20 atom stereocenters. The van der Waals surface area contributed by atoms with E-state index in [1.165, 1.54) is 0 Å². The Bertz CT molecular complexity index is 1590. The summed E-state index contributed by atoms with van der Waals surface area (Å²) >= 11 is 0. The Labute approximate surface area is 362 Å². The van der Waals surface area contributed by atoms with Crippen molar-refractivity contribution in [1.29, 1.82) is 0 Å². The first kappa shape index (κ1) is 58.8. The number of carbonyl (C=O) groups excluding carboxylic acids is 2. The second-order valence-corrected chi connectivity index (χ2v) is 18.4. The summed E-state index contributed by atoms with van der Waals surface area (Å²) in [5.41, 5.74) is 0. The SMILES string of the molecule is CC(=O)N[C@@H]1[C@@H](O)[C@H](O[C@@H]2O[C@H](CO)[C@@H](OP(=O)(O)OC[C@H](O)COP(=O)(O)OC[C@H](O)[C@H](O)[C@H](O)COP(=O)(O)OC[C@H](O)[C@H](O)[C@H](O)CO)[C@H](O)[C@H]2NC(C)=O)[C@@H](CO)O[C@@H]1O. The first-order valence-corrected chi connectivity index (χ1v) is 23.1. The maximum absolute atomic E-state index is 12.9. The number of nitrogens with one attached hydrogen (secondary N) is 2. The Morgan fingerprint density at radius 2 is 0.969 bits per heavy atom. The van der Waals surface area contributed by atoms with Crippen LogP contribution < -0.4 is 10.6 Å². The number of phosphoric acid groups is 3. The highest BCUT2D eigenvalue weighted by Gasteiger charge is 2.53. The van der Waals surface area contributed by atoms with Crippen molar-refractivity contribution in [2.45, 2.75) is 118 Å². The summed E-state index contributed by atoms with van der Waals surface area (Å²) in [5.74, 6) is -1.56. The highest BCUT2D eigenvalue weighted by atomic mass is 31.2. The highest BCUT2D eigenvalue weighted by Crippen LogP contribution is 2.48. The minimum atomic E-state index is -5.43. The molecule has 0 aliphatic carbocycles. The maximum Gasteiger partial charge on any atom is 0.472 e. The lowest BCUT2D eigenvalue weighted by Gasteiger charge is -2.48. The smallest absolute Gasteiger partial charge is 0.394 e. The van der Waals surface area contributed by atoms with Crippen molar-refractivity contribution < 1.29 is 146 Å². The van der Waals surface area contributed by atoms with Gasteiger partial charge in [0.05, 0.1) is 52.9 Å². The zero-order valence-electron chi connectivity index (χ0n) is 33.7. The molecule has 3 unspecified atom stereocenters. The molecular formula is C29H57N2O30P3. The number of aliphatic hydroxyl groups excluding tert-OH is 13. The van der Waals surface area contributed by atoms with Crippen LogP contribution in [0, 0.1) is 0 Å². The summed E-state index contributed by atoms with van der Waals surface area (Å²) in [6, 6.07) is -3.27. The van der Waals surface area contributed by atoms with E-state index in [-0.39, 0.29) is 0 Å². The van der Waals surface area contributed by atoms with Gasteiger partial charge in [0.25, 0.3) is 0 Å². The zero-order chi connectivity index (χ0) is 48.9. The van der Waals surface area contributed by atoms with Crippen LogP contribution in [0.1, 0.15) is 13.8 Å². The van der Waals surface area contributed by atoms with E-state index in [0.29, 0.717) is 0 Å². The largest absolute Gasteiger partial charge is 0.472 e. The van der Waals surface area contributed by atoms with Gasteiger partial charge < -0.3 is 106 Å². The molecule has 64 heavy (non-hydrogen) atoms. The minimum Gasteiger partial charge on any atom is -0.394 e. The molecule has 0 aromatic carbocycles. The number of carbonyl (C=O) groups is 2. The van der Waals surface area contributed by atoms with E-state index in [9.17, 15) is 99.2 Å². The molecule has 2 rings (SSSR count). The van der Waals surface area contributed by atoms with Crippen LogP contribution in [0.2, 0.25) is 0 Å². The molecule has 0 spiro atoms. The van der Waals surface area contributed by atoms with Gasteiger partial charge in [0.2, 0.25) is 11.8 Å². The fraction of sp³-hybridized carbons (Fsp3) is 0.931. The van der Waals surface area contributed by atoms with E-state index in [0.717, 1.165) is 13.8 Å². The minimum absolute atomic E-state index is 0.714. The maximum atomic E-state index is 12.9. The van der Waals surface area contributed by atoms with Crippen molar-refractivity contribution in [2.75, 3.05) is 52.9 Å². The molecule has 2 heterocycles. The molecule has 2 aliphatic heterocycles. The van der Waals surface area contributed by atoms with Crippen molar-refractivity contribution in [1.82, 2.24) is 10.6 Å². The molecule has 378 valence electrons. The first-order valence-electron chi connectivity index (χ1n) is 18.6. The summed E-state index contributed by atoms with van der Waals surface area (Å²) in [6.07, 6.45) is -29.3. The topological polar surface area (TPSA) is 516 Å². The quantitative estimate of drug-likeness (QED) is 0.0324. The summed E-state index contributed by atoms with van der Waals surface area (Å²) in [4.78, 5) is 53.7. The molecule has 2 amide bonds. The van der Waals surface area contributed by atoms with Gasteiger partial charge in [-0.15, -0.1) is 0 Å². The van der Waals surface area contributed by atoms with Crippen LogP contribution in [0.3, 0.4) is 0 Å². The van der Waals surface area contributed by atoms with E-state index in [1.54, 1.807) is 0 Å². The number of phosphoric ester groups is 3. The van der Waals surface area contributed by atoms with Crippen molar-refractivity contribution in [3.63, 3.8) is 0 Å². The Morgan fingerprint density at radius 3 is 1.41 bits per heavy atom. The standard InChI is InChI=1S/C29H57N2O30P3/c1-11(35)30-20-24(44)26(18(4-33)58-28(20)46)60-29-21(31-12(2)36)25(45)27(19(5-34)59-29)61-64(51,52)54-7-13(37)6-53-62(47,48)55-9-16(40)23(43)17(41)10-57-63(49,50)56-8-15(39)22(42)14(38)3-32/h13-29,32-34,37-46H,3-10H2,1-2H3,(H,30,35)(H,31,36)(H,47,48)(H,49,50)(H,51,52)/t13-,14-,15+,16+,17-,18-,19-,20-,21-,22-,23+,24-,25-,26-,27-,28+,29+/m1/s1. The molecule has 0 aromatic heterocycles. The second-order valence-electron chi connectivity index (χ2n) is 14.0. The van der Waals surface area contributed by atoms with Gasteiger partial charge >= 0.3 is 23.5 Å². The van der Waals surface area contributed by atoms with E-state index in [4.69, 9.17) is 23.8 Å². The van der Waals surface area contributed by atoms with Crippen LogP contribution in [0.4, 0.5) is 0 Å². The monoisotopic (exact) mass is 1010 g/mol. The van der Waals surface area contributed by atoms with E-state index >= 15 is 0 Å². The van der Waals surface area contributed by atoms with Crippen molar-refractivity contribution in [3.05, 3.63) is 0 Å². The third-order valence-corrected chi connectivity index (χ3v) is 11.7. The molecule has 2 saturated heterocycles. The highest BCUT2D eigenvalue weighted by molar-refractivity contribution is 7.47. The Balaban J connectivity index is 1.94. The molecule has 0 radical (unpaired) electrons. The van der Waals surface area contributed by atoms with Crippen molar-refractivity contribution in [2.24, 2.45) is 0 Å². The third kappa shape index (κ3) is 18.6. The van der Waals surface area contributed by atoms with Crippen LogP contribution >= 0.6 is 23.5 Å². The molecule has 0 bridgehead atoms. The second kappa shape index (κ2) is 26.4. The average molecular weight is 1010 g/mol. The zero-order valence-corrected chi connectivity index (χ0v) is 36.4. The Morgan fingerprint density at radius 1 is 0.578 bits per heavy atom. The van der Waals surface area contributed by atoms with Crippen molar-refractivity contribution >= 4 is 35.3 Å². The number of hydrogen-bond donors (Lipinski definition) is 18. The van der Waals surface area contributed by atoms with E-state index < -0.39 is 192 Å². The average Bonchev–Trinajstić information content (AvgIpc) is 3.22. The summed E-state index contributed by atoms with van der Waals surface area (Å²) in [7, 11) is -15.8. The lowest BCUT2D eigenvalue weighted by Crippen LogP contribution is -2.69. The third-order valence-electron chi connectivity index (χ3n) is 8.86. The van der Waals surface area contributed by atoms with Crippen LogP contribution in [0.25, 0.3) is 0 Å². The summed E-state index contributed by atoms with van der Waals surface area (Å²) in [5, 5.41) is 134. The molecule has 32 nitrogen and oxygen atoms in total. The summed E-state index contributed by atoms with van der Waals surface area (Å²) in [6.45, 7) is -7.01. The van der Waals surface area contributed by atoms with Gasteiger partial charge in [-0.2, -0.15) is 0 Å². The molecular weight excluding hydrogens is 949 g/mol. The fourth-order valence-corrected chi connectivity index (χ4v) is 8.11. The predicted molar refractivity (Wildman–Crippen MR) is 199 cm³/mol. The van der Waals surface area contributed by atoms with Crippen LogP contribution in [0.5, 0.6) is 0 Å². The molecule has 0 saturated carbocycles. The van der Waals surface area contributed by atoms with E-state index in [1.807, 2.05) is 0 Å². The Kier molecular flexibility index (Phi) is 24.2. The van der Waals surface area contributed by atoms with Gasteiger partial charge in [0.15, 0.2) is 12.6 Å². The van der Waals surface area contributed by atoms with Gasteiger partial charge in [0.1, 0.15) is 91.4 Å². The van der Waals surface area contributed by atoms with Crippen LogP contribution in [0.15, 0.2) is 0 Å². The Hall–Kier alpha value is -1.37. The number of rotatable bonds is 28. The van der Waals surface area contributed by atoms with Gasteiger partial charge in [-0.05, 0) is 0 Å². The van der Waals surface area contributed by atoms with Gasteiger partial charge in [-0.3, -0.25) is 36.7 Å². The normalized spacial score (nSPS) is 32.7. The fourth-order valence-electron chi connectivity index (χ4n) is 5.59. The van der Waals surface area contributed by atoms with E-state index in [2.05, 4.69) is 33.3 Å². The van der Waals surface area contributed by atoms with Crippen LogP contribution in [-0.4, -0.2) is 250 Å². The number of amides is 2. The predicted octanol–water partition coefficient (Wildman–Crippen LogP) is -9.18. The van der Waals surface area contributed by atoms with Gasteiger partial charge in [-0.25, -0.2) is 13.7 Å². The lowest BCUT2D eigenvalue weighted by molar-refractivity contribution is -0.326. The van der Waals surface area contributed by atoms with Gasteiger partial charge in [-0.1, -0.05) is 0 Å². The molecule has 2 fully saturated rings. The van der Waals surface area contributed by atoms with Crippen LogP contribution in [-0.2, 0) is 64.6 Å². The van der Waals surface area contributed by atoms with Gasteiger partial charge in [0, 0.05) is 13.8 Å². The number of hydrogen-bond acceptors (Lipinski definition) is 27. The number of ether oxygens (including phenoxy) is 3. The lowest BCUT2D eigenvalue weighted by atomic mass is 9.94. The molecule has 18 N–H and O–H groups in total. The first-order chi connectivity index (χ1) is 29.6.